The van der Waals surface area contributed by atoms with Crippen molar-refractivity contribution in [3.05, 3.63) is 24.0 Å². The van der Waals surface area contributed by atoms with Crippen molar-refractivity contribution in [2.75, 3.05) is 18.4 Å². The number of aromatic nitrogens is 1. The lowest BCUT2D eigenvalue weighted by Gasteiger charge is -2.30. The van der Waals surface area contributed by atoms with Gasteiger partial charge in [0.1, 0.15) is 0 Å². The molecule has 0 spiro atoms. The fourth-order valence-electron chi connectivity index (χ4n) is 2.43. The van der Waals surface area contributed by atoms with Crippen LogP contribution in [-0.4, -0.2) is 28.9 Å². The Balaban J connectivity index is 2.00. The number of carbonyl (C=O) groups excluding carboxylic acids is 1. The zero-order valence-corrected chi connectivity index (χ0v) is 11.9. The Morgan fingerprint density at radius 2 is 2.37 bits per heavy atom. The molecule has 2 heterocycles. The number of hydrogen-bond acceptors (Lipinski definition) is 3. The molecule has 0 radical (unpaired) electrons. The number of carbonyl (C=O) groups is 1. The first-order valence-corrected chi connectivity index (χ1v) is 7.18. The van der Waals surface area contributed by atoms with Crippen molar-refractivity contribution >= 4 is 11.6 Å². The normalized spacial score (nSPS) is 19.6. The standard InChI is InChI=1S/C15H23N3O/c1-3-7-16-13-6-8-17-14(10-13)11-18-9-4-5-12(2)15(18)19/h6,8,10,12H,3-5,7,9,11H2,1-2H3,(H,16,17). The number of amides is 1. The highest BCUT2D eigenvalue weighted by atomic mass is 16.2. The molecule has 2 rings (SSSR count). The van der Waals surface area contributed by atoms with Crippen molar-refractivity contribution in [3.63, 3.8) is 0 Å². The van der Waals surface area contributed by atoms with E-state index in [1.54, 1.807) is 0 Å². The highest BCUT2D eigenvalue weighted by Gasteiger charge is 2.25. The first-order chi connectivity index (χ1) is 9.20. The van der Waals surface area contributed by atoms with E-state index in [1.165, 1.54) is 0 Å². The van der Waals surface area contributed by atoms with Crippen molar-refractivity contribution in [1.29, 1.82) is 0 Å². The van der Waals surface area contributed by atoms with Crippen LogP contribution in [0.2, 0.25) is 0 Å². The van der Waals surface area contributed by atoms with Gasteiger partial charge >= 0.3 is 0 Å². The van der Waals surface area contributed by atoms with Crippen LogP contribution in [0.25, 0.3) is 0 Å². The minimum absolute atomic E-state index is 0.162. The molecule has 1 amide bonds. The van der Waals surface area contributed by atoms with E-state index < -0.39 is 0 Å². The van der Waals surface area contributed by atoms with E-state index in [1.807, 2.05) is 30.2 Å². The van der Waals surface area contributed by atoms with Crippen LogP contribution in [0, 0.1) is 5.92 Å². The molecule has 1 aromatic rings. The maximum Gasteiger partial charge on any atom is 0.225 e. The Kier molecular flexibility index (Phi) is 4.77. The second-order valence-corrected chi connectivity index (χ2v) is 5.27. The number of pyridine rings is 1. The third kappa shape index (κ3) is 3.69. The maximum atomic E-state index is 12.1. The zero-order chi connectivity index (χ0) is 13.7. The summed E-state index contributed by atoms with van der Waals surface area (Å²) in [4.78, 5) is 18.4. The van der Waals surface area contributed by atoms with Gasteiger partial charge in [0.2, 0.25) is 5.91 Å². The van der Waals surface area contributed by atoms with Gasteiger partial charge in [-0.15, -0.1) is 0 Å². The van der Waals surface area contributed by atoms with Gasteiger partial charge in [0.25, 0.3) is 0 Å². The molecular formula is C15H23N3O. The molecule has 1 aliphatic rings. The smallest absolute Gasteiger partial charge is 0.225 e. The van der Waals surface area contributed by atoms with Crippen LogP contribution in [0.1, 0.15) is 38.8 Å². The molecule has 19 heavy (non-hydrogen) atoms. The average molecular weight is 261 g/mol. The SMILES string of the molecule is CCCNc1ccnc(CN2CCCC(C)C2=O)c1. The molecule has 0 aliphatic carbocycles. The summed E-state index contributed by atoms with van der Waals surface area (Å²) in [5.41, 5.74) is 2.05. The van der Waals surface area contributed by atoms with Crippen LogP contribution in [-0.2, 0) is 11.3 Å². The quantitative estimate of drug-likeness (QED) is 0.886. The highest BCUT2D eigenvalue weighted by Crippen LogP contribution is 2.19. The van der Waals surface area contributed by atoms with Gasteiger partial charge in [0.15, 0.2) is 0 Å². The first-order valence-electron chi connectivity index (χ1n) is 7.18. The van der Waals surface area contributed by atoms with Gasteiger partial charge in [-0.2, -0.15) is 0 Å². The van der Waals surface area contributed by atoms with E-state index in [-0.39, 0.29) is 11.8 Å². The van der Waals surface area contributed by atoms with Crippen LogP contribution < -0.4 is 5.32 Å². The number of rotatable bonds is 5. The summed E-state index contributed by atoms with van der Waals surface area (Å²) in [5, 5.41) is 3.35. The highest BCUT2D eigenvalue weighted by molar-refractivity contribution is 5.79. The molecule has 0 aromatic carbocycles. The minimum Gasteiger partial charge on any atom is -0.385 e. The maximum absolute atomic E-state index is 12.1. The van der Waals surface area contributed by atoms with Gasteiger partial charge in [0, 0.05) is 30.9 Å². The molecule has 4 heteroatoms. The lowest BCUT2D eigenvalue weighted by atomic mass is 9.99. The van der Waals surface area contributed by atoms with Crippen molar-refractivity contribution in [2.45, 2.75) is 39.7 Å². The third-order valence-electron chi connectivity index (χ3n) is 3.55. The first kappa shape index (κ1) is 13.8. The monoisotopic (exact) mass is 261 g/mol. The molecule has 1 atom stereocenters. The Morgan fingerprint density at radius 1 is 1.53 bits per heavy atom. The van der Waals surface area contributed by atoms with E-state index in [0.29, 0.717) is 6.54 Å². The largest absolute Gasteiger partial charge is 0.385 e. The molecular weight excluding hydrogens is 238 g/mol. The Morgan fingerprint density at radius 3 is 3.16 bits per heavy atom. The fourth-order valence-corrected chi connectivity index (χ4v) is 2.43. The summed E-state index contributed by atoms with van der Waals surface area (Å²) in [6.45, 7) is 6.61. The Labute approximate surface area is 115 Å². The van der Waals surface area contributed by atoms with Gasteiger partial charge in [-0.25, -0.2) is 0 Å². The lowest BCUT2D eigenvalue weighted by molar-refractivity contribution is -0.138. The third-order valence-corrected chi connectivity index (χ3v) is 3.55. The van der Waals surface area contributed by atoms with Gasteiger partial charge < -0.3 is 10.2 Å². The van der Waals surface area contributed by atoms with E-state index in [0.717, 1.165) is 43.7 Å². The second kappa shape index (κ2) is 6.55. The van der Waals surface area contributed by atoms with Crippen LogP contribution in [0.4, 0.5) is 5.69 Å². The van der Waals surface area contributed by atoms with Gasteiger partial charge in [-0.05, 0) is 31.4 Å². The van der Waals surface area contributed by atoms with E-state index >= 15 is 0 Å². The van der Waals surface area contributed by atoms with Crippen LogP contribution in [0.15, 0.2) is 18.3 Å². The topological polar surface area (TPSA) is 45.2 Å². The van der Waals surface area contributed by atoms with Crippen LogP contribution in [0.5, 0.6) is 0 Å². The van der Waals surface area contributed by atoms with Gasteiger partial charge in [-0.1, -0.05) is 13.8 Å². The zero-order valence-electron chi connectivity index (χ0n) is 11.9. The van der Waals surface area contributed by atoms with Gasteiger partial charge in [0.05, 0.1) is 12.2 Å². The van der Waals surface area contributed by atoms with Gasteiger partial charge in [-0.3, -0.25) is 9.78 Å². The summed E-state index contributed by atoms with van der Waals surface area (Å²) in [7, 11) is 0. The molecule has 1 unspecified atom stereocenters. The Hall–Kier alpha value is -1.58. The summed E-state index contributed by atoms with van der Waals surface area (Å²) in [6, 6.07) is 4.02. The minimum atomic E-state index is 0.162. The summed E-state index contributed by atoms with van der Waals surface area (Å²) in [5.74, 6) is 0.426. The molecule has 104 valence electrons. The summed E-state index contributed by atoms with van der Waals surface area (Å²) >= 11 is 0. The summed E-state index contributed by atoms with van der Waals surface area (Å²) in [6.07, 6.45) is 5.02. The Bertz CT molecular complexity index is 433. The fraction of sp³-hybridized carbons (Fsp3) is 0.600. The number of anilines is 1. The molecule has 0 bridgehead atoms. The van der Waals surface area contributed by atoms with Crippen molar-refractivity contribution in [2.24, 2.45) is 5.92 Å². The van der Waals surface area contributed by atoms with E-state index in [2.05, 4.69) is 17.2 Å². The molecule has 1 saturated heterocycles. The predicted molar refractivity (Wildman–Crippen MR) is 76.8 cm³/mol. The van der Waals surface area contributed by atoms with Crippen LogP contribution in [0.3, 0.4) is 0 Å². The molecule has 1 fully saturated rings. The van der Waals surface area contributed by atoms with Crippen LogP contribution >= 0.6 is 0 Å². The van der Waals surface area contributed by atoms with Crippen molar-refractivity contribution in [3.8, 4) is 0 Å². The molecule has 1 aliphatic heterocycles. The number of nitrogens with zero attached hydrogens (tertiary/aromatic N) is 2. The summed E-state index contributed by atoms with van der Waals surface area (Å²) < 4.78 is 0. The number of hydrogen-bond donors (Lipinski definition) is 1. The average Bonchev–Trinajstić information content (AvgIpc) is 2.42. The molecule has 1 aromatic heterocycles. The number of piperidine rings is 1. The number of nitrogens with one attached hydrogen (secondary N) is 1. The van der Waals surface area contributed by atoms with E-state index in [9.17, 15) is 4.79 Å². The molecule has 4 nitrogen and oxygen atoms in total. The van der Waals surface area contributed by atoms with Crippen molar-refractivity contribution in [1.82, 2.24) is 9.88 Å². The predicted octanol–water partition coefficient (Wildman–Crippen LogP) is 2.66. The van der Waals surface area contributed by atoms with Crippen molar-refractivity contribution < 1.29 is 4.79 Å². The second-order valence-electron chi connectivity index (χ2n) is 5.27. The number of likely N-dealkylation sites (tertiary alicyclic amines) is 1. The molecule has 1 N–H and O–H groups in total. The van der Waals surface area contributed by atoms with E-state index in [4.69, 9.17) is 0 Å². The molecule has 0 saturated carbocycles. The lowest BCUT2D eigenvalue weighted by Crippen LogP contribution is -2.39.